The number of aryl methyl sites for hydroxylation is 1. The summed E-state index contributed by atoms with van der Waals surface area (Å²) in [5.41, 5.74) is 2.60. The molecule has 0 aliphatic rings. The summed E-state index contributed by atoms with van der Waals surface area (Å²) in [6, 6.07) is 14.0. The normalized spacial score (nSPS) is 10.5. The van der Waals surface area contributed by atoms with E-state index in [1.165, 1.54) is 6.07 Å². The van der Waals surface area contributed by atoms with Crippen LogP contribution in [0.2, 0.25) is 5.02 Å². The van der Waals surface area contributed by atoms with Gasteiger partial charge in [-0.3, -0.25) is 0 Å². The van der Waals surface area contributed by atoms with Crippen LogP contribution in [0.15, 0.2) is 59.6 Å². The van der Waals surface area contributed by atoms with Gasteiger partial charge >= 0.3 is 0 Å². The molecule has 0 aliphatic heterocycles. The quantitative estimate of drug-likeness (QED) is 0.496. The number of halogens is 2. The van der Waals surface area contributed by atoms with Gasteiger partial charge < -0.3 is 14.8 Å². The number of benzene rings is 2. The van der Waals surface area contributed by atoms with Crippen molar-refractivity contribution >= 4 is 34.9 Å². The van der Waals surface area contributed by atoms with Crippen LogP contribution in [0.25, 0.3) is 0 Å². The predicted molar refractivity (Wildman–Crippen MR) is 106 cm³/mol. The molecule has 0 fully saturated rings. The van der Waals surface area contributed by atoms with Crippen LogP contribution in [0.4, 0.5) is 15.8 Å². The Balaban J connectivity index is 1.78. The molecule has 0 unspecified atom stereocenters. The number of nitrogens with zero attached hydrogens (tertiary/aromatic N) is 1. The zero-order valence-corrected chi connectivity index (χ0v) is 15.8. The Morgan fingerprint density at radius 2 is 1.88 bits per heavy atom. The molecule has 3 aromatic rings. The van der Waals surface area contributed by atoms with Gasteiger partial charge in [-0.1, -0.05) is 11.6 Å². The van der Waals surface area contributed by atoms with E-state index in [9.17, 15) is 4.39 Å². The molecular weight excluding hydrogens is 373 g/mol. The van der Waals surface area contributed by atoms with Crippen LogP contribution >= 0.6 is 23.5 Å². The van der Waals surface area contributed by atoms with Gasteiger partial charge in [-0.2, -0.15) is 0 Å². The summed E-state index contributed by atoms with van der Waals surface area (Å²) >= 11 is 6.92. The number of nitrogens with one attached hydrogen (secondary N) is 2. The molecule has 0 bridgehead atoms. The topological polar surface area (TPSA) is 46.2 Å². The standard InChI is InChI=1S/C19H17ClFN3OS/c1-12-9-17(24-26-18-8-3-13(20)10-16(18)21)19(23-11-12)25-15-6-4-14(22-2)5-7-15/h3-11,22,24H,1-2H3. The highest BCUT2D eigenvalue weighted by Crippen LogP contribution is 2.33. The maximum absolute atomic E-state index is 14.0. The Labute approximate surface area is 160 Å². The van der Waals surface area contributed by atoms with Crippen LogP contribution in [-0.2, 0) is 0 Å². The van der Waals surface area contributed by atoms with Gasteiger partial charge in [-0.25, -0.2) is 9.37 Å². The number of aromatic nitrogens is 1. The smallest absolute Gasteiger partial charge is 0.243 e. The molecule has 0 atom stereocenters. The number of hydrogen-bond acceptors (Lipinski definition) is 5. The lowest BCUT2D eigenvalue weighted by Crippen LogP contribution is -1.97. The summed E-state index contributed by atoms with van der Waals surface area (Å²) in [6.07, 6.45) is 1.72. The third-order valence-electron chi connectivity index (χ3n) is 3.51. The fraction of sp³-hybridized carbons (Fsp3) is 0.105. The number of rotatable bonds is 6. The summed E-state index contributed by atoms with van der Waals surface area (Å²) in [4.78, 5) is 4.77. The van der Waals surface area contributed by atoms with Gasteiger partial charge in [0.15, 0.2) is 0 Å². The van der Waals surface area contributed by atoms with Gasteiger partial charge in [0.25, 0.3) is 0 Å². The molecule has 0 saturated carbocycles. The van der Waals surface area contributed by atoms with Crippen molar-refractivity contribution in [3.05, 3.63) is 71.1 Å². The average molecular weight is 390 g/mol. The van der Waals surface area contributed by atoms with E-state index in [1.54, 1.807) is 18.3 Å². The van der Waals surface area contributed by atoms with Crippen molar-refractivity contribution in [3.63, 3.8) is 0 Å². The Kier molecular flexibility index (Phi) is 5.85. The molecule has 134 valence electrons. The van der Waals surface area contributed by atoms with Crippen LogP contribution in [0, 0.1) is 12.7 Å². The second kappa shape index (κ2) is 8.29. The lowest BCUT2D eigenvalue weighted by atomic mass is 10.3. The lowest BCUT2D eigenvalue weighted by Gasteiger charge is -2.13. The fourth-order valence-corrected chi connectivity index (χ4v) is 3.00. The predicted octanol–water partition coefficient (Wildman–Crippen LogP) is 6.14. The van der Waals surface area contributed by atoms with Gasteiger partial charge in [-0.15, -0.1) is 0 Å². The molecule has 0 spiro atoms. The highest BCUT2D eigenvalue weighted by molar-refractivity contribution is 8.00. The minimum atomic E-state index is -0.388. The Morgan fingerprint density at radius 1 is 1.12 bits per heavy atom. The lowest BCUT2D eigenvalue weighted by molar-refractivity contribution is 0.465. The van der Waals surface area contributed by atoms with Crippen LogP contribution < -0.4 is 14.8 Å². The monoisotopic (exact) mass is 389 g/mol. The minimum absolute atomic E-state index is 0.359. The van der Waals surface area contributed by atoms with E-state index in [-0.39, 0.29) is 5.82 Å². The van der Waals surface area contributed by atoms with E-state index in [2.05, 4.69) is 15.0 Å². The van der Waals surface area contributed by atoms with E-state index in [0.29, 0.717) is 27.2 Å². The van der Waals surface area contributed by atoms with E-state index < -0.39 is 0 Å². The van der Waals surface area contributed by atoms with Crippen LogP contribution in [0.3, 0.4) is 0 Å². The minimum Gasteiger partial charge on any atom is -0.437 e. The van der Waals surface area contributed by atoms with Crippen molar-refractivity contribution in [2.45, 2.75) is 11.8 Å². The van der Waals surface area contributed by atoms with E-state index in [4.69, 9.17) is 16.3 Å². The summed E-state index contributed by atoms with van der Waals surface area (Å²) in [7, 11) is 1.85. The summed E-state index contributed by atoms with van der Waals surface area (Å²) in [5.74, 6) is 0.682. The zero-order chi connectivity index (χ0) is 18.5. The molecule has 7 heteroatoms. The van der Waals surface area contributed by atoms with Crippen molar-refractivity contribution < 1.29 is 9.13 Å². The van der Waals surface area contributed by atoms with Crippen molar-refractivity contribution in [1.29, 1.82) is 0 Å². The van der Waals surface area contributed by atoms with Gasteiger partial charge in [0.1, 0.15) is 17.3 Å². The molecule has 0 aliphatic carbocycles. The summed E-state index contributed by atoms with van der Waals surface area (Å²) in [6.45, 7) is 1.93. The first-order valence-corrected chi connectivity index (χ1v) is 9.05. The maximum atomic E-state index is 14.0. The van der Waals surface area contributed by atoms with Gasteiger partial charge in [0, 0.05) is 24.0 Å². The highest BCUT2D eigenvalue weighted by atomic mass is 35.5. The first-order chi connectivity index (χ1) is 12.5. The first-order valence-electron chi connectivity index (χ1n) is 7.85. The van der Waals surface area contributed by atoms with Crippen LogP contribution in [0.5, 0.6) is 11.6 Å². The van der Waals surface area contributed by atoms with E-state index >= 15 is 0 Å². The molecule has 1 aromatic heterocycles. The van der Waals surface area contributed by atoms with Gasteiger partial charge in [0.2, 0.25) is 5.88 Å². The van der Waals surface area contributed by atoms with Gasteiger partial charge in [-0.05, 0) is 73.0 Å². The molecule has 2 N–H and O–H groups in total. The molecule has 0 amide bonds. The molecule has 1 heterocycles. The van der Waals surface area contributed by atoms with Crippen molar-refractivity contribution in [2.75, 3.05) is 17.1 Å². The average Bonchev–Trinajstić information content (AvgIpc) is 2.63. The highest BCUT2D eigenvalue weighted by Gasteiger charge is 2.10. The second-order valence-electron chi connectivity index (χ2n) is 5.52. The van der Waals surface area contributed by atoms with E-state index in [1.807, 2.05) is 44.3 Å². The number of pyridine rings is 1. The van der Waals surface area contributed by atoms with E-state index in [0.717, 1.165) is 23.2 Å². The second-order valence-corrected chi connectivity index (χ2v) is 6.81. The third-order valence-corrected chi connectivity index (χ3v) is 4.62. The van der Waals surface area contributed by atoms with Gasteiger partial charge in [0.05, 0.1) is 4.90 Å². The molecule has 0 saturated heterocycles. The zero-order valence-electron chi connectivity index (χ0n) is 14.2. The summed E-state index contributed by atoms with van der Waals surface area (Å²) in [5, 5.41) is 3.41. The number of anilines is 2. The maximum Gasteiger partial charge on any atom is 0.243 e. The number of hydrogen-bond donors (Lipinski definition) is 2. The Morgan fingerprint density at radius 3 is 2.58 bits per heavy atom. The molecule has 26 heavy (non-hydrogen) atoms. The van der Waals surface area contributed by atoms with Crippen molar-refractivity contribution in [1.82, 2.24) is 4.98 Å². The van der Waals surface area contributed by atoms with Crippen LogP contribution in [-0.4, -0.2) is 12.0 Å². The number of ether oxygens (including phenoxy) is 1. The summed E-state index contributed by atoms with van der Waals surface area (Å²) < 4.78 is 22.9. The Bertz CT molecular complexity index is 906. The molecule has 3 rings (SSSR count). The Hall–Kier alpha value is -2.44. The SMILES string of the molecule is CNc1ccc(Oc2ncc(C)cc2NSc2ccc(Cl)cc2F)cc1. The third kappa shape index (κ3) is 4.59. The fourth-order valence-electron chi connectivity index (χ4n) is 2.18. The van der Waals surface area contributed by atoms with Crippen molar-refractivity contribution in [3.8, 4) is 11.6 Å². The first kappa shape index (κ1) is 18.4. The largest absolute Gasteiger partial charge is 0.437 e. The molecule has 0 radical (unpaired) electrons. The molecule has 4 nitrogen and oxygen atoms in total. The van der Waals surface area contributed by atoms with Crippen molar-refractivity contribution in [2.24, 2.45) is 0 Å². The molecule has 2 aromatic carbocycles. The molecular formula is C19H17ClFN3OS. The van der Waals surface area contributed by atoms with Crippen LogP contribution in [0.1, 0.15) is 5.56 Å².